The molecule has 11 heteroatoms. The number of rotatable bonds is 6. The maximum Gasteiger partial charge on any atom is 0.404 e. The van der Waals surface area contributed by atoms with Crippen LogP contribution in [0.15, 0.2) is 41.3 Å². The van der Waals surface area contributed by atoms with Gasteiger partial charge in [-0.3, -0.25) is 14.8 Å². The van der Waals surface area contributed by atoms with Crippen molar-refractivity contribution in [2.75, 3.05) is 38.0 Å². The molecule has 3 heterocycles. The Balaban J connectivity index is 1.35. The lowest BCUT2D eigenvalue weighted by molar-refractivity contribution is 0.147. The van der Waals surface area contributed by atoms with Gasteiger partial charge in [-0.15, -0.1) is 0 Å². The molecule has 0 unspecified atom stereocenters. The highest BCUT2D eigenvalue weighted by atomic mass is 16.4. The van der Waals surface area contributed by atoms with Crippen LogP contribution < -0.4 is 21.6 Å². The van der Waals surface area contributed by atoms with Crippen molar-refractivity contribution < 1.29 is 14.7 Å². The van der Waals surface area contributed by atoms with E-state index in [2.05, 4.69) is 39.7 Å². The second-order valence-corrected chi connectivity index (χ2v) is 9.77. The van der Waals surface area contributed by atoms with Gasteiger partial charge in [0.25, 0.3) is 0 Å². The molecule has 1 aromatic heterocycles. The first-order chi connectivity index (χ1) is 17.3. The SMILES string of the molecule is CC(C)[C@H]1CNCCN1C(=O)Nc1ccn(-c2ccc(CN3CCC(NC(=O)O)CC3)cc2)c(=O)n1. The van der Waals surface area contributed by atoms with Gasteiger partial charge in [-0.05, 0) is 42.5 Å². The van der Waals surface area contributed by atoms with E-state index in [1.165, 1.54) is 4.57 Å². The van der Waals surface area contributed by atoms with Crippen LogP contribution in [0.4, 0.5) is 15.4 Å². The van der Waals surface area contributed by atoms with Gasteiger partial charge in [-0.25, -0.2) is 14.4 Å². The molecule has 36 heavy (non-hydrogen) atoms. The summed E-state index contributed by atoms with van der Waals surface area (Å²) in [7, 11) is 0. The normalized spacial score (nSPS) is 19.3. The number of aromatic nitrogens is 2. The lowest BCUT2D eigenvalue weighted by Gasteiger charge is -2.38. The molecule has 2 fully saturated rings. The maximum absolute atomic E-state index is 12.8. The van der Waals surface area contributed by atoms with Crippen molar-refractivity contribution in [3.8, 4) is 5.69 Å². The van der Waals surface area contributed by atoms with E-state index in [9.17, 15) is 14.4 Å². The van der Waals surface area contributed by atoms with Crippen molar-refractivity contribution in [2.45, 2.75) is 45.3 Å². The summed E-state index contributed by atoms with van der Waals surface area (Å²) >= 11 is 0. The maximum atomic E-state index is 12.8. The molecule has 0 aliphatic carbocycles. The van der Waals surface area contributed by atoms with Crippen molar-refractivity contribution in [1.29, 1.82) is 0 Å². The molecule has 2 aliphatic heterocycles. The zero-order chi connectivity index (χ0) is 25.7. The van der Waals surface area contributed by atoms with E-state index in [-0.39, 0.29) is 23.9 Å². The van der Waals surface area contributed by atoms with Gasteiger partial charge in [0.15, 0.2) is 0 Å². The standard InChI is InChI=1S/C25H35N7O4/c1-17(2)21-15-26-10-14-32(21)24(34)29-22-9-13-31(23(33)28-22)20-5-3-18(4-6-20)16-30-11-7-19(8-12-30)27-25(35)36/h3-6,9,13,17,19,21,26-27H,7-8,10-12,14-16H2,1-2H3,(H,35,36)(H,28,29,33,34)/t21-/m1/s1. The highest BCUT2D eigenvalue weighted by molar-refractivity contribution is 5.88. The number of piperidine rings is 1. The monoisotopic (exact) mass is 497 g/mol. The zero-order valence-corrected chi connectivity index (χ0v) is 20.8. The molecule has 1 atom stereocenters. The van der Waals surface area contributed by atoms with Crippen molar-refractivity contribution in [1.82, 2.24) is 30.0 Å². The molecule has 0 radical (unpaired) electrons. The number of nitrogens with one attached hydrogen (secondary N) is 3. The van der Waals surface area contributed by atoms with E-state index in [1.54, 1.807) is 17.2 Å². The first kappa shape index (κ1) is 25.6. The number of carbonyl (C=O) groups excluding carboxylic acids is 1. The number of piperazine rings is 1. The van der Waals surface area contributed by atoms with E-state index >= 15 is 0 Å². The topological polar surface area (TPSA) is 132 Å². The Bertz CT molecular complexity index is 1110. The molecule has 1 aromatic carbocycles. The Kier molecular flexibility index (Phi) is 8.21. The third-order valence-electron chi connectivity index (χ3n) is 6.89. The van der Waals surface area contributed by atoms with Crippen LogP contribution in [0.2, 0.25) is 0 Å². The van der Waals surface area contributed by atoms with Crippen LogP contribution in [-0.4, -0.2) is 81.4 Å². The first-order valence-corrected chi connectivity index (χ1v) is 12.5. The molecule has 0 spiro atoms. The number of amides is 3. The highest BCUT2D eigenvalue weighted by Crippen LogP contribution is 2.17. The fourth-order valence-electron chi connectivity index (χ4n) is 4.85. The van der Waals surface area contributed by atoms with Crippen LogP contribution in [-0.2, 0) is 6.54 Å². The quantitative estimate of drug-likeness (QED) is 0.479. The van der Waals surface area contributed by atoms with Crippen LogP contribution in [0, 0.1) is 5.92 Å². The van der Waals surface area contributed by atoms with Gasteiger partial charge in [0.2, 0.25) is 0 Å². The largest absolute Gasteiger partial charge is 0.465 e. The summed E-state index contributed by atoms with van der Waals surface area (Å²) in [5, 5.41) is 17.5. The molecule has 0 bridgehead atoms. The molecule has 0 saturated carbocycles. The smallest absolute Gasteiger partial charge is 0.404 e. The van der Waals surface area contributed by atoms with Gasteiger partial charge >= 0.3 is 17.8 Å². The lowest BCUT2D eigenvalue weighted by atomic mass is 10.0. The van der Waals surface area contributed by atoms with Gasteiger partial charge in [0.05, 0.1) is 5.69 Å². The van der Waals surface area contributed by atoms with Crippen LogP contribution in [0.1, 0.15) is 32.3 Å². The summed E-state index contributed by atoms with van der Waals surface area (Å²) in [5.41, 5.74) is 1.35. The predicted molar refractivity (Wildman–Crippen MR) is 137 cm³/mol. The van der Waals surface area contributed by atoms with Crippen molar-refractivity contribution >= 4 is 17.9 Å². The Morgan fingerprint density at radius 2 is 1.86 bits per heavy atom. The number of anilines is 1. The minimum atomic E-state index is -0.969. The van der Waals surface area contributed by atoms with Crippen LogP contribution in [0.3, 0.4) is 0 Å². The molecule has 4 rings (SSSR count). The Labute approximate surface area is 210 Å². The minimum Gasteiger partial charge on any atom is -0.465 e. The summed E-state index contributed by atoms with van der Waals surface area (Å²) < 4.78 is 1.45. The van der Waals surface area contributed by atoms with Crippen molar-refractivity contribution in [3.63, 3.8) is 0 Å². The molecule has 11 nitrogen and oxygen atoms in total. The summed E-state index contributed by atoms with van der Waals surface area (Å²) in [6.45, 7) is 8.69. The summed E-state index contributed by atoms with van der Waals surface area (Å²) in [6, 6.07) is 9.21. The summed E-state index contributed by atoms with van der Waals surface area (Å²) in [6.07, 6.45) is 2.24. The van der Waals surface area contributed by atoms with Crippen molar-refractivity contribution in [2.24, 2.45) is 5.92 Å². The average molecular weight is 498 g/mol. The molecule has 2 aliphatic rings. The van der Waals surface area contributed by atoms with Gasteiger partial charge in [-0.1, -0.05) is 26.0 Å². The minimum absolute atomic E-state index is 0.0155. The fraction of sp³-hybridized carbons (Fsp3) is 0.520. The van der Waals surface area contributed by atoms with Gasteiger partial charge in [0, 0.05) is 57.5 Å². The predicted octanol–water partition coefficient (Wildman–Crippen LogP) is 1.93. The number of hydrogen-bond acceptors (Lipinski definition) is 6. The Morgan fingerprint density at radius 3 is 2.50 bits per heavy atom. The fourth-order valence-corrected chi connectivity index (χ4v) is 4.85. The summed E-state index contributed by atoms with van der Waals surface area (Å²) in [5.74, 6) is 0.549. The molecule has 194 valence electrons. The number of carbonyl (C=O) groups is 2. The van der Waals surface area contributed by atoms with E-state index in [1.807, 2.05) is 24.3 Å². The lowest BCUT2D eigenvalue weighted by Crippen LogP contribution is -2.56. The average Bonchev–Trinajstić information content (AvgIpc) is 2.85. The molecular weight excluding hydrogens is 462 g/mol. The molecule has 2 saturated heterocycles. The Hall–Kier alpha value is -3.44. The summed E-state index contributed by atoms with van der Waals surface area (Å²) in [4.78, 5) is 44.5. The number of carboxylic acid groups (broad SMARTS) is 1. The van der Waals surface area contributed by atoms with Gasteiger partial charge in [-0.2, -0.15) is 4.98 Å². The molecule has 4 N–H and O–H groups in total. The third-order valence-corrected chi connectivity index (χ3v) is 6.89. The third kappa shape index (κ3) is 6.41. The molecule has 3 amide bonds. The van der Waals surface area contributed by atoms with E-state index in [4.69, 9.17) is 5.11 Å². The number of hydrogen-bond donors (Lipinski definition) is 4. The van der Waals surface area contributed by atoms with Crippen LogP contribution in [0.25, 0.3) is 5.69 Å². The van der Waals surface area contributed by atoms with Crippen LogP contribution >= 0.6 is 0 Å². The van der Waals surface area contributed by atoms with E-state index < -0.39 is 11.8 Å². The zero-order valence-electron chi connectivity index (χ0n) is 20.8. The molecule has 2 aromatic rings. The first-order valence-electron chi connectivity index (χ1n) is 12.5. The Morgan fingerprint density at radius 1 is 1.14 bits per heavy atom. The number of urea groups is 1. The second kappa shape index (κ2) is 11.5. The number of nitrogens with zero attached hydrogens (tertiary/aromatic N) is 4. The second-order valence-electron chi connectivity index (χ2n) is 9.77. The van der Waals surface area contributed by atoms with Crippen LogP contribution in [0.5, 0.6) is 0 Å². The number of likely N-dealkylation sites (tertiary alicyclic amines) is 1. The van der Waals surface area contributed by atoms with Gasteiger partial charge in [0.1, 0.15) is 5.82 Å². The van der Waals surface area contributed by atoms with E-state index in [0.29, 0.717) is 18.2 Å². The van der Waals surface area contributed by atoms with Crippen molar-refractivity contribution in [3.05, 3.63) is 52.6 Å². The molecular formula is C25H35N7O4. The van der Waals surface area contributed by atoms with E-state index in [0.717, 1.165) is 51.1 Å². The van der Waals surface area contributed by atoms with Gasteiger partial charge < -0.3 is 20.6 Å². The number of benzene rings is 1. The highest BCUT2D eigenvalue weighted by Gasteiger charge is 2.29.